The number of rotatable bonds is 3. The SMILES string of the molecule is NC(=O)c1cc2cc(C(F)P(O)O)ccc2s1.O=C1CCCCC2CCCN12.O=[N+]1CC2(C1)OCc1ccncc12. The van der Waals surface area contributed by atoms with E-state index in [4.69, 9.17) is 20.3 Å². The molecule has 13 heteroatoms. The fraction of sp³-hybridized carbons (Fsp3) is 0.464. The Morgan fingerprint density at radius 1 is 1.22 bits per heavy atom. The molecule has 10 nitrogen and oxygen atoms in total. The molecule has 3 fully saturated rings. The van der Waals surface area contributed by atoms with E-state index in [-0.39, 0.29) is 11.2 Å². The second-order valence-corrected chi connectivity index (χ2v) is 12.8. The number of ether oxygens (including phenoxy) is 1. The van der Waals surface area contributed by atoms with Crippen molar-refractivity contribution in [1.29, 1.82) is 0 Å². The van der Waals surface area contributed by atoms with E-state index in [2.05, 4.69) is 9.88 Å². The summed E-state index contributed by atoms with van der Waals surface area (Å²) in [7, 11) is -2.65. The highest BCUT2D eigenvalue weighted by Gasteiger charge is 2.58. The first kappa shape index (κ1) is 29.6. The van der Waals surface area contributed by atoms with Crippen molar-refractivity contribution in [2.45, 2.75) is 62.7 Å². The first-order valence-corrected chi connectivity index (χ1v) is 15.7. The molecule has 4 aliphatic heterocycles. The first-order valence-electron chi connectivity index (χ1n) is 13.6. The average molecular weight is 604 g/mol. The molecule has 0 saturated carbocycles. The first-order chi connectivity index (χ1) is 19.7. The molecule has 3 aromatic rings. The number of alkyl halides is 1. The number of hydrogen-bond donors (Lipinski definition) is 3. The predicted molar refractivity (Wildman–Crippen MR) is 153 cm³/mol. The van der Waals surface area contributed by atoms with Gasteiger partial charge in [-0.25, -0.2) is 4.39 Å². The van der Waals surface area contributed by atoms with Crippen molar-refractivity contribution in [3.8, 4) is 0 Å². The van der Waals surface area contributed by atoms with Gasteiger partial charge in [0.2, 0.25) is 33.0 Å². The monoisotopic (exact) mass is 603 g/mol. The van der Waals surface area contributed by atoms with Crippen molar-refractivity contribution in [3.63, 3.8) is 0 Å². The van der Waals surface area contributed by atoms with Crippen LogP contribution >= 0.6 is 19.7 Å². The number of carbonyl (C=O) groups excluding carboxylic acids is 2. The average Bonchev–Trinajstić information content (AvgIpc) is 3.66. The van der Waals surface area contributed by atoms with Crippen LogP contribution in [0.3, 0.4) is 0 Å². The number of nitrogens with two attached hydrogens (primary N) is 1. The molecular weight excluding hydrogens is 570 g/mol. The number of aromatic nitrogens is 1. The summed E-state index contributed by atoms with van der Waals surface area (Å²) in [6.07, 6.45) is 10.5. The highest BCUT2D eigenvalue weighted by molar-refractivity contribution is 7.45. The summed E-state index contributed by atoms with van der Waals surface area (Å²) in [6, 6.07) is 8.73. The Morgan fingerprint density at radius 3 is 2.73 bits per heavy atom. The maximum absolute atomic E-state index is 13.4. The topological polar surface area (TPSA) is 146 Å². The Hall–Kier alpha value is -2.89. The van der Waals surface area contributed by atoms with Gasteiger partial charge in [-0.2, -0.15) is 0 Å². The van der Waals surface area contributed by atoms with Crippen molar-refractivity contribution < 1.29 is 33.3 Å². The van der Waals surface area contributed by atoms with Gasteiger partial charge in [0.25, 0.3) is 5.91 Å². The fourth-order valence-electron chi connectivity index (χ4n) is 5.77. The van der Waals surface area contributed by atoms with E-state index in [1.807, 2.05) is 12.3 Å². The molecule has 218 valence electrons. The van der Waals surface area contributed by atoms with Crippen molar-refractivity contribution in [2.75, 3.05) is 19.6 Å². The second kappa shape index (κ2) is 12.5. The van der Waals surface area contributed by atoms with Gasteiger partial charge in [0.05, 0.1) is 11.5 Å². The van der Waals surface area contributed by atoms with Crippen LogP contribution in [0.4, 0.5) is 4.39 Å². The minimum absolute atomic E-state index is 0.183. The number of carbonyl (C=O) groups is 2. The van der Waals surface area contributed by atoms with Crippen LogP contribution in [0, 0.1) is 4.91 Å². The van der Waals surface area contributed by atoms with Crippen LogP contribution in [0.15, 0.2) is 42.7 Å². The van der Waals surface area contributed by atoms with E-state index in [0.29, 0.717) is 41.9 Å². The van der Waals surface area contributed by atoms with E-state index in [9.17, 15) is 18.9 Å². The molecule has 4 aliphatic rings. The van der Waals surface area contributed by atoms with Crippen LogP contribution in [0.25, 0.3) is 10.1 Å². The number of pyridine rings is 1. The summed E-state index contributed by atoms with van der Waals surface area (Å²) in [5, 5.41) is 0.667. The molecule has 1 aromatic carbocycles. The number of hydrogen-bond acceptors (Lipinski definition) is 8. The van der Waals surface area contributed by atoms with Gasteiger partial charge >= 0.3 is 0 Å². The standard InChI is InChI=1S/C10H9FNO3PS.C9H9N2O2.C9H15NO/c11-9(16(14)15)5-1-2-7-6(3-5)4-8(17-7)10(12)13;12-11-5-9(6-11)8-3-10-2-1-7(8)4-13-9;11-9-6-2-1-4-8-5-3-7-10(8)9/h1-4,9,14-15H,(H2,12,13);1-3H,4-6H2;8H,1-7H2/q;+1;. The highest BCUT2D eigenvalue weighted by atomic mass is 32.1. The molecule has 0 radical (unpaired) electrons. The van der Waals surface area contributed by atoms with Crippen molar-refractivity contribution in [1.82, 2.24) is 9.88 Å². The van der Waals surface area contributed by atoms with Gasteiger partial charge in [0.1, 0.15) is 0 Å². The normalized spacial score (nSPS) is 21.3. The van der Waals surface area contributed by atoms with Gasteiger partial charge in [-0.15, -0.1) is 11.3 Å². The summed E-state index contributed by atoms with van der Waals surface area (Å²) in [5.41, 5.74) is 7.27. The quantitative estimate of drug-likeness (QED) is 0.297. The predicted octanol–water partition coefficient (Wildman–Crippen LogP) is 4.42. The Kier molecular flexibility index (Phi) is 9.06. The van der Waals surface area contributed by atoms with Crippen LogP contribution in [-0.2, 0) is 21.7 Å². The molecular formula is C28H33FN4O6PS+. The van der Waals surface area contributed by atoms with Crippen LogP contribution < -0.4 is 5.73 Å². The Morgan fingerprint density at radius 2 is 2.00 bits per heavy atom. The molecule has 7 rings (SSSR count). The fourth-order valence-corrected chi connectivity index (χ4v) is 7.09. The zero-order valence-corrected chi connectivity index (χ0v) is 24.2. The van der Waals surface area contributed by atoms with Gasteiger partial charge in [-0.05, 0) is 66.5 Å². The lowest BCUT2D eigenvalue weighted by Crippen LogP contribution is -2.53. The lowest BCUT2D eigenvalue weighted by atomic mass is 9.88. The van der Waals surface area contributed by atoms with Crippen molar-refractivity contribution >= 4 is 41.6 Å². The van der Waals surface area contributed by atoms with Gasteiger partial charge in [-0.3, -0.25) is 14.6 Å². The van der Waals surface area contributed by atoms with Crippen LogP contribution in [0.5, 0.6) is 0 Å². The molecule has 2 aromatic heterocycles. The third kappa shape index (κ3) is 6.47. The Labute approximate surface area is 241 Å². The zero-order chi connectivity index (χ0) is 29.1. The number of halogens is 1. The number of nitrogens with zero attached hydrogens (tertiary/aromatic N) is 3. The van der Waals surface area contributed by atoms with E-state index in [0.717, 1.165) is 34.4 Å². The third-order valence-electron chi connectivity index (χ3n) is 7.91. The minimum Gasteiger partial charge on any atom is -0.365 e. The van der Waals surface area contributed by atoms with Gasteiger partial charge < -0.3 is 25.2 Å². The summed E-state index contributed by atoms with van der Waals surface area (Å²) >= 11 is 1.22. The second-order valence-electron chi connectivity index (χ2n) is 10.7. The summed E-state index contributed by atoms with van der Waals surface area (Å²) < 4.78 is 20.8. The molecule has 2 amide bonds. The number of fused-ring (bicyclic) bond motifs is 4. The van der Waals surface area contributed by atoms with E-state index >= 15 is 0 Å². The molecule has 0 aliphatic carbocycles. The van der Waals surface area contributed by atoms with E-state index in [1.165, 1.54) is 54.7 Å². The van der Waals surface area contributed by atoms with E-state index < -0.39 is 20.2 Å². The smallest absolute Gasteiger partial charge is 0.258 e. The number of thiophene rings is 1. The lowest BCUT2D eigenvalue weighted by Gasteiger charge is -2.28. The van der Waals surface area contributed by atoms with Gasteiger partial charge in [0.15, 0.2) is 5.91 Å². The van der Waals surface area contributed by atoms with Gasteiger partial charge in [-0.1, -0.05) is 12.5 Å². The van der Waals surface area contributed by atoms with Crippen molar-refractivity contribution in [2.24, 2.45) is 5.73 Å². The summed E-state index contributed by atoms with van der Waals surface area (Å²) in [6.45, 7) is 2.55. The molecule has 2 atom stereocenters. The third-order valence-corrected chi connectivity index (χ3v) is 9.74. The molecule has 6 heterocycles. The highest BCUT2D eigenvalue weighted by Crippen LogP contribution is 2.45. The minimum atomic E-state index is -2.65. The van der Waals surface area contributed by atoms with Gasteiger partial charge in [0, 0.05) is 51.3 Å². The zero-order valence-electron chi connectivity index (χ0n) is 22.4. The summed E-state index contributed by atoms with van der Waals surface area (Å²) in [4.78, 5) is 57.5. The molecule has 41 heavy (non-hydrogen) atoms. The maximum atomic E-state index is 13.4. The van der Waals surface area contributed by atoms with Crippen molar-refractivity contribution in [3.05, 3.63) is 69.2 Å². The molecule has 1 spiro atoms. The number of benzene rings is 1. The maximum Gasteiger partial charge on any atom is 0.258 e. The molecule has 2 unspecified atom stereocenters. The molecule has 0 bridgehead atoms. The van der Waals surface area contributed by atoms with E-state index in [1.54, 1.807) is 18.3 Å². The summed E-state index contributed by atoms with van der Waals surface area (Å²) in [5.74, 6) is -1.92. The van der Waals surface area contributed by atoms with Crippen LogP contribution in [0.1, 0.15) is 70.8 Å². The lowest BCUT2D eigenvalue weighted by molar-refractivity contribution is -0.654. The van der Waals surface area contributed by atoms with Crippen LogP contribution in [0.2, 0.25) is 0 Å². The number of nitroso groups, excluding NO2 is 1. The number of primary amides is 1. The Bertz CT molecular complexity index is 1440. The Balaban J connectivity index is 0.000000126. The largest absolute Gasteiger partial charge is 0.365 e. The molecule has 4 N–H and O–H groups in total. The van der Waals surface area contributed by atoms with Crippen LogP contribution in [-0.4, -0.2) is 61.9 Å². The number of amides is 2. The molecule has 3 saturated heterocycles.